The fraction of sp³-hybridized carbons (Fsp3) is 0.312. The molecular formula is C16H15Cl2NO. The predicted molar refractivity (Wildman–Crippen MR) is 81.2 cm³/mol. The Kier molecular flexibility index (Phi) is 4.25. The van der Waals surface area contributed by atoms with Gasteiger partial charge in [0.2, 0.25) is 0 Å². The number of fused-ring (bicyclic) bond motifs is 1. The lowest BCUT2D eigenvalue weighted by atomic mass is 9.89. The summed E-state index contributed by atoms with van der Waals surface area (Å²) >= 11 is 12.0. The van der Waals surface area contributed by atoms with Crippen molar-refractivity contribution in [1.29, 1.82) is 0 Å². The molecule has 104 valence electrons. The van der Waals surface area contributed by atoms with Gasteiger partial charge in [0, 0.05) is 0 Å². The Hall–Kier alpha value is -1.09. The first kappa shape index (κ1) is 13.9. The zero-order valence-electron chi connectivity index (χ0n) is 11.0. The molecule has 1 aliphatic carbocycles. The number of aromatic nitrogens is 1. The van der Waals surface area contributed by atoms with Crippen LogP contribution in [0, 0.1) is 0 Å². The van der Waals surface area contributed by atoms with Gasteiger partial charge >= 0.3 is 0 Å². The summed E-state index contributed by atoms with van der Waals surface area (Å²) in [5.74, 6) is 0. The van der Waals surface area contributed by atoms with Crippen molar-refractivity contribution in [2.24, 2.45) is 0 Å². The summed E-state index contributed by atoms with van der Waals surface area (Å²) in [7, 11) is 0. The molecule has 20 heavy (non-hydrogen) atoms. The number of hydrogen-bond acceptors (Lipinski definition) is 2. The number of ether oxygens (including phenoxy) is 1. The number of rotatable bonds is 3. The van der Waals surface area contributed by atoms with E-state index in [1.54, 1.807) is 12.1 Å². The summed E-state index contributed by atoms with van der Waals surface area (Å²) in [5.41, 5.74) is 3.37. The van der Waals surface area contributed by atoms with Crippen molar-refractivity contribution in [3.63, 3.8) is 0 Å². The van der Waals surface area contributed by atoms with Gasteiger partial charge in [-0.2, -0.15) is 0 Å². The molecule has 1 aromatic carbocycles. The minimum absolute atomic E-state index is 0.122. The lowest BCUT2D eigenvalue weighted by Gasteiger charge is -2.25. The van der Waals surface area contributed by atoms with Gasteiger partial charge in [0.1, 0.15) is 5.15 Å². The third-order valence-corrected chi connectivity index (χ3v) is 4.17. The average Bonchev–Trinajstić information content (AvgIpc) is 2.48. The molecular weight excluding hydrogens is 293 g/mol. The number of benzene rings is 1. The molecule has 1 aliphatic rings. The molecule has 1 unspecified atom stereocenters. The van der Waals surface area contributed by atoms with E-state index in [2.05, 4.69) is 29.2 Å². The lowest BCUT2D eigenvalue weighted by molar-refractivity contribution is 0.0265. The summed E-state index contributed by atoms with van der Waals surface area (Å²) in [5, 5.41) is 1.04. The molecule has 0 saturated carbocycles. The summed E-state index contributed by atoms with van der Waals surface area (Å²) in [6.45, 7) is 0.387. The van der Waals surface area contributed by atoms with Crippen LogP contribution < -0.4 is 0 Å². The van der Waals surface area contributed by atoms with Gasteiger partial charge in [-0.05, 0) is 42.5 Å². The fourth-order valence-corrected chi connectivity index (χ4v) is 2.95. The van der Waals surface area contributed by atoms with Crippen molar-refractivity contribution in [3.05, 3.63) is 63.4 Å². The number of pyridine rings is 1. The second kappa shape index (κ2) is 6.13. The summed E-state index contributed by atoms with van der Waals surface area (Å²) in [4.78, 5) is 4.22. The molecule has 0 spiro atoms. The number of hydrogen-bond donors (Lipinski definition) is 0. The van der Waals surface area contributed by atoms with Crippen LogP contribution in [0.25, 0.3) is 0 Å². The zero-order valence-corrected chi connectivity index (χ0v) is 12.5. The van der Waals surface area contributed by atoms with Crippen molar-refractivity contribution < 1.29 is 4.74 Å². The molecule has 1 heterocycles. The van der Waals surface area contributed by atoms with Gasteiger partial charge in [-0.3, -0.25) is 0 Å². The summed E-state index contributed by atoms with van der Waals surface area (Å²) in [6, 6.07) is 11.9. The molecule has 0 N–H and O–H groups in total. The SMILES string of the molecule is Clc1ccc(Cl)c(COC2CCCc3ccccc32)n1. The Bertz CT molecular complexity index is 615. The average molecular weight is 308 g/mol. The van der Waals surface area contributed by atoms with E-state index in [1.807, 2.05) is 0 Å². The van der Waals surface area contributed by atoms with Crippen molar-refractivity contribution in [3.8, 4) is 0 Å². The minimum atomic E-state index is 0.122. The first-order valence-electron chi connectivity index (χ1n) is 6.74. The van der Waals surface area contributed by atoms with Crippen molar-refractivity contribution in [1.82, 2.24) is 4.98 Å². The quantitative estimate of drug-likeness (QED) is 0.746. The van der Waals surface area contributed by atoms with Crippen LogP contribution in [-0.2, 0) is 17.8 Å². The van der Waals surface area contributed by atoms with Crippen LogP contribution >= 0.6 is 23.2 Å². The predicted octanol–water partition coefficient (Wildman–Crippen LogP) is 4.98. The van der Waals surface area contributed by atoms with Gasteiger partial charge in [-0.1, -0.05) is 47.5 Å². The molecule has 4 heteroatoms. The van der Waals surface area contributed by atoms with E-state index in [0.29, 0.717) is 22.5 Å². The van der Waals surface area contributed by atoms with E-state index >= 15 is 0 Å². The van der Waals surface area contributed by atoms with Crippen LogP contribution in [0.1, 0.15) is 35.8 Å². The third kappa shape index (κ3) is 2.98. The maximum atomic E-state index is 6.11. The lowest BCUT2D eigenvalue weighted by Crippen LogP contribution is -2.13. The van der Waals surface area contributed by atoms with Gasteiger partial charge in [-0.15, -0.1) is 0 Å². The monoisotopic (exact) mass is 307 g/mol. The minimum Gasteiger partial charge on any atom is -0.367 e. The highest BCUT2D eigenvalue weighted by molar-refractivity contribution is 6.32. The van der Waals surface area contributed by atoms with Gasteiger partial charge in [0.05, 0.1) is 23.4 Å². The Morgan fingerprint density at radius 3 is 2.90 bits per heavy atom. The number of nitrogens with zero attached hydrogens (tertiary/aromatic N) is 1. The molecule has 2 nitrogen and oxygen atoms in total. The fourth-order valence-electron chi connectivity index (χ4n) is 2.62. The summed E-state index contributed by atoms with van der Waals surface area (Å²) < 4.78 is 6.03. The molecule has 1 atom stereocenters. The van der Waals surface area contributed by atoms with Gasteiger partial charge in [0.25, 0.3) is 0 Å². The smallest absolute Gasteiger partial charge is 0.129 e. The standard InChI is InChI=1S/C16H15Cl2NO/c17-13-8-9-16(18)19-14(13)10-20-15-7-3-5-11-4-1-2-6-12(11)15/h1-2,4,6,8-9,15H,3,5,7,10H2. The third-order valence-electron chi connectivity index (χ3n) is 3.62. The molecule has 0 saturated heterocycles. The first-order chi connectivity index (χ1) is 9.74. The second-order valence-electron chi connectivity index (χ2n) is 4.95. The molecule has 2 aromatic rings. The molecule has 0 bridgehead atoms. The van der Waals surface area contributed by atoms with Crippen LogP contribution in [0.3, 0.4) is 0 Å². The van der Waals surface area contributed by atoms with Crippen LogP contribution in [0.4, 0.5) is 0 Å². The van der Waals surface area contributed by atoms with E-state index in [1.165, 1.54) is 11.1 Å². The summed E-state index contributed by atoms with van der Waals surface area (Å²) in [6.07, 6.45) is 3.44. The second-order valence-corrected chi connectivity index (χ2v) is 5.75. The van der Waals surface area contributed by atoms with E-state index in [4.69, 9.17) is 27.9 Å². The van der Waals surface area contributed by atoms with E-state index in [9.17, 15) is 0 Å². The highest BCUT2D eigenvalue weighted by atomic mass is 35.5. The molecule has 1 aromatic heterocycles. The highest BCUT2D eigenvalue weighted by Crippen LogP contribution is 2.33. The van der Waals surface area contributed by atoms with E-state index in [-0.39, 0.29) is 6.10 Å². The van der Waals surface area contributed by atoms with E-state index < -0.39 is 0 Å². The van der Waals surface area contributed by atoms with Gasteiger partial charge < -0.3 is 4.74 Å². The van der Waals surface area contributed by atoms with Crippen molar-refractivity contribution >= 4 is 23.2 Å². The molecule has 0 fully saturated rings. The maximum Gasteiger partial charge on any atom is 0.129 e. The molecule has 3 rings (SSSR count). The van der Waals surface area contributed by atoms with Gasteiger partial charge in [-0.25, -0.2) is 4.98 Å². The maximum absolute atomic E-state index is 6.11. The Balaban J connectivity index is 1.75. The Morgan fingerprint density at radius 1 is 1.15 bits per heavy atom. The largest absolute Gasteiger partial charge is 0.367 e. The van der Waals surface area contributed by atoms with Crippen molar-refractivity contribution in [2.75, 3.05) is 0 Å². The Morgan fingerprint density at radius 2 is 2.00 bits per heavy atom. The molecule has 0 amide bonds. The van der Waals surface area contributed by atoms with Crippen LogP contribution in [0.15, 0.2) is 36.4 Å². The van der Waals surface area contributed by atoms with Gasteiger partial charge in [0.15, 0.2) is 0 Å². The van der Waals surface area contributed by atoms with Crippen molar-refractivity contribution in [2.45, 2.75) is 32.0 Å². The highest BCUT2D eigenvalue weighted by Gasteiger charge is 2.20. The zero-order chi connectivity index (χ0) is 13.9. The number of halogens is 2. The normalized spacial score (nSPS) is 17.8. The van der Waals surface area contributed by atoms with Crippen LogP contribution in [-0.4, -0.2) is 4.98 Å². The number of aryl methyl sites for hydroxylation is 1. The molecule has 0 aliphatic heterocycles. The van der Waals surface area contributed by atoms with Crippen LogP contribution in [0.2, 0.25) is 10.2 Å². The van der Waals surface area contributed by atoms with E-state index in [0.717, 1.165) is 19.3 Å². The van der Waals surface area contributed by atoms with Crippen LogP contribution in [0.5, 0.6) is 0 Å². The molecule has 0 radical (unpaired) electrons. The topological polar surface area (TPSA) is 22.1 Å². The first-order valence-corrected chi connectivity index (χ1v) is 7.50. The Labute approximate surface area is 128 Å².